The van der Waals surface area contributed by atoms with Crippen molar-refractivity contribution in [3.63, 3.8) is 0 Å². The van der Waals surface area contributed by atoms with Gasteiger partial charge in [-0.1, -0.05) is 6.07 Å². The molecule has 0 aliphatic carbocycles. The summed E-state index contributed by atoms with van der Waals surface area (Å²) in [6.45, 7) is 5.37. The van der Waals surface area contributed by atoms with E-state index in [1.165, 1.54) is 10.7 Å². The number of amides is 1. The standard InChI is InChI=1S/C18H17N7O2/c1-9-4-5-13(22-17(26)15-10(2)21-11(3)27-15)6-14(9)16-23-18-20-7-12(19)8-25(18)24-16/h4-8H,19H2,1-3H3,(H,22,26). The molecule has 3 aromatic heterocycles. The van der Waals surface area contributed by atoms with Crippen LogP contribution >= 0.6 is 0 Å². The summed E-state index contributed by atoms with van der Waals surface area (Å²) >= 11 is 0. The van der Waals surface area contributed by atoms with Gasteiger partial charge < -0.3 is 15.5 Å². The molecule has 3 N–H and O–H groups in total. The maximum atomic E-state index is 12.5. The fourth-order valence-electron chi connectivity index (χ4n) is 2.78. The number of benzene rings is 1. The molecule has 0 fully saturated rings. The van der Waals surface area contributed by atoms with Crippen molar-refractivity contribution in [1.29, 1.82) is 0 Å². The topological polar surface area (TPSA) is 124 Å². The molecule has 0 aliphatic rings. The first-order chi connectivity index (χ1) is 12.9. The van der Waals surface area contributed by atoms with Gasteiger partial charge in [0, 0.05) is 18.2 Å². The molecule has 0 bridgehead atoms. The molecule has 0 saturated carbocycles. The molecular formula is C18H17N7O2. The number of nitrogens with two attached hydrogens (primary N) is 1. The number of fused-ring (bicyclic) bond motifs is 1. The van der Waals surface area contributed by atoms with Gasteiger partial charge in [0.25, 0.3) is 11.7 Å². The van der Waals surface area contributed by atoms with Crippen LogP contribution in [0.1, 0.15) is 27.7 Å². The van der Waals surface area contributed by atoms with Gasteiger partial charge in [0.2, 0.25) is 5.76 Å². The molecule has 4 rings (SSSR count). The van der Waals surface area contributed by atoms with Gasteiger partial charge in [-0.15, -0.1) is 5.10 Å². The molecule has 0 saturated heterocycles. The summed E-state index contributed by atoms with van der Waals surface area (Å²) in [5.74, 6) is 1.22. The lowest BCUT2D eigenvalue weighted by Gasteiger charge is -2.07. The molecule has 136 valence electrons. The highest BCUT2D eigenvalue weighted by Gasteiger charge is 2.17. The van der Waals surface area contributed by atoms with Crippen LogP contribution in [-0.2, 0) is 0 Å². The van der Waals surface area contributed by atoms with Gasteiger partial charge >= 0.3 is 0 Å². The largest absolute Gasteiger partial charge is 0.436 e. The zero-order valence-corrected chi connectivity index (χ0v) is 15.0. The number of anilines is 2. The Morgan fingerprint density at radius 2 is 2.04 bits per heavy atom. The average molecular weight is 363 g/mol. The maximum absolute atomic E-state index is 12.5. The second kappa shape index (κ2) is 6.20. The minimum absolute atomic E-state index is 0.195. The van der Waals surface area contributed by atoms with Crippen LogP contribution in [0.15, 0.2) is 35.0 Å². The van der Waals surface area contributed by atoms with E-state index < -0.39 is 0 Å². The molecule has 0 unspecified atom stereocenters. The predicted octanol–water partition coefficient (Wildman–Crippen LogP) is 2.54. The monoisotopic (exact) mass is 363 g/mol. The van der Waals surface area contributed by atoms with Crippen molar-refractivity contribution in [2.45, 2.75) is 20.8 Å². The van der Waals surface area contributed by atoms with Gasteiger partial charge in [-0.05, 0) is 31.5 Å². The summed E-state index contributed by atoms with van der Waals surface area (Å²) in [6.07, 6.45) is 3.17. The van der Waals surface area contributed by atoms with Gasteiger partial charge in [0.15, 0.2) is 11.7 Å². The van der Waals surface area contributed by atoms with E-state index in [0.717, 1.165) is 11.1 Å². The van der Waals surface area contributed by atoms with Gasteiger partial charge in [0.05, 0.1) is 23.8 Å². The number of nitrogen functional groups attached to an aromatic ring is 1. The van der Waals surface area contributed by atoms with E-state index >= 15 is 0 Å². The van der Waals surface area contributed by atoms with Crippen LogP contribution in [0.5, 0.6) is 0 Å². The van der Waals surface area contributed by atoms with Crippen LogP contribution in [-0.4, -0.2) is 30.5 Å². The number of hydrogen-bond donors (Lipinski definition) is 2. The number of aryl methyl sites for hydroxylation is 3. The van der Waals surface area contributed by atoms with Crippen LogP contribution in [0.25, 0.3) is 17.2 Å². The van der Waals surface area contributed by atoms with Crippen molar-refractivity contribution in [3.05, 3.63) is 53.5 Å². The molecule has 9 nitrogen and oxygen atoms in total. The zero-order chi connectivity index (χ0) is 19.1. The lowest BCUT2D eigenvalue weighted by molar-refractivity contribution is 0.0994. The Hall–Kier alpha value is -3.75. The molecule has 3 heterocycles. The lowest BCUT2D eigenvalue weighted by Crippen LogP contribution is -2.12. The predicted molar refractivity (Wildman–Crippen MR) is 99.3 cm³/mol. The first kappa shape index (κ1) is 16.7. The molecule has 0 atom stereocenters. The fraction of sp³-hybridized carbons (Fsp3) is 0.167. The van der Waals surface area contributed by atoms with Crippen molar-refractivity contribution in [2.24, 2.45) is 0 Å². The molecule has 4 aromatic rings. The Morgan fingerprint density at radius 1 is 1.22 bits per heavy atom. The van der Waals surface area contributed by atoms with E-state index in [-0.39, 0.29) is 11.7 Å². The van der Waals surface area contributed by atoms with Gasteiger partial charge in [-0.2, -0.15) is 4.98 Å². The van der Waals surface area contributed by atoms with E-state index in [1.54, 1.807) is 26.1 Å². The number of carbonyl (C=O) groups is 1. The smallest absolute Gasteiger partial charge is 0.293 e. The molecule has 1 aromatic carbocycles. The van der Waals surface area contributed by atoms with Crippen LogP contribution < -0.4 is 11.1 Å². The number of nitrogens with zero attached hydrogens (tertiary/aromatic N) is 5. The summed E-state index contributed by atoms with van der Waals surface area (Å²) < 4.78 is 6.89. The summed E-state index contributed by atoms with van der Waals surface area (Å²) in [5, 5.41) is 7.24. The number of rotatable bonds is 3. The van der Waals surface area contributed by atoms with Crippen molar-refractivity contribution < 1.29 is 9.21 Å². The van der Waals surface area contributed by atoms with Gasteiger partial charge in [0.1, 0.15) is 0 Å². The molecular weight excluding hydrogens is 346 g/mol. The summed E-state index contributed by atoms with van der Waals surface area (Å²) in [5.41, 5.74) is 9.12. The van der Waals surface area contributed by atoms with E-state index in [4.69, 9.17) is 10.2 Å². The second-order valence-electron chi connectivity index (χ2n) is 6.20. The highest BCUT2D eigenvalue weighted by Crippen LogP contribution is 2.25. The molecule has 0 radical (unpaired) electrons. The third-order valence-electron chi connectivity index (χ3n) is 4.06. The zero-order valence-electron chi connectivity index (χ0n) is 15.0. The van der Waals surface area contributed by atoms with Crippen LogP contribution in [0.4, 0.5) is 11.4 Å². The highest BCUT2D eigenvalue weighted by molar-refractivity contribution is 6.03. The molecule has 27 heavy (non-hydrogen) atoms. The van der Waals surface area contributed by atoms with E-state index in [9.17, 15) is 4.79 Å². The minimum atomic E-state index is -0.361. The Kier molecular flexibility index (Phi) is 3.84. The number of aromatic nitrogens is 5. The average Bonchev–Trinajstić information content (AvgIpc) is 3.18. The third kappa shape index (κ3) is 3.10. The van der Waals surface area contributed by atoms with E-state index in [1.807, 2.05) is 19.1 Å². The fourth-order valence-corrected chi connectivity index (χ4v) is 2.78. The maximum Gasteiger partial charge on any atom is 0.293 e. The van der Waals surface area contributed by atoms with E-state index in [0.29, 0.717) is 34.6 Å². The van der Waals surface area contributed by atoms with E-state index in [2.05, 4.69) is 25.4 Å². The molecule has 1 amide bonds. The number of carbonyl (C=O) groups excluding carboxylic acids is 1. The quantitative estimate of drug-likeness (QED) is 0.573. The van der Waals surface area contributed by atoms with Crippen LogP contribution in [0.3, 0.4) is 0 Å². The van der Waals surface area contributed by atoms with Crippen molar-refractivity contribution in [3.8, 4) is 11.4 Å². The summed E-state index contributed by atoms with van der Waals surface area (Å²) in [6, 6.07) is 5.50. The summed E-state index contributed by atoms with van der Waals surface area (Å²) in [4.78, 5) is 25.2. The van der Waals surface area contributed by atoms with Crippen LogP contribution in [0.2, 0.25) is 0 Å². The van der Waals surface area contributed by atoms with Crippen LogP contribution in [0, 0.1) is 20.8 Å². The highest BCUT2D eigenvalue weighted by atomic mass is 16.4. The Balaban J connectivity index is 1.68. The Labute approximate surface area is 154 Å². The van der Waals surface area contributed by atoms with Gasteiger partial charge in [-0.3, -0.25) is 4.79 Å². The molecule has 0 aliphatic heterocycles. The first-order valence-electron chi connectivity index (χ1n) is 8.25. The third-order valence-corrected chi connectivity index (χ3v) is 4.06. The van der Waals surface area contributed by atoms with Gasteiger partial charge in [-0.25, -0.2) is 14.5 Å². The molecule has 9 heteroatoms. The SMILES string of the molecule is Cc1nc(C)c(C(=O)Nc2ccc(C)c(-c3nc4ncc(N)cn4n3)c2)o1. The second-order valence-corrected chi connectivity index (χ2v) is 6.20. The minimum Gasteiger partial charge on any atom is -0.436 e. The Morgan fingerprint density at radius 3 is 2.78 bits per heavy atom. The number of nitrogens with one attached hydrogen (secondary N) is 1. The number of oxazole rings is 1. The van der Waals surface area contributed by atoms with Crippen molar-refractivity contribution in [2.75, 3.05) is 11.1 Å². The normalized spacial score (nSPS) is 11.1. The summed E-state index contributed by atoms with van der Waals surface area (Å²) in [7, 11) is 0. The lowest BCUT2D eigenvalue weighted by atomic mass is 10.1. The van der Waals surface area contributed by atoms with Crippen molar-refractivity contribution >= 4 is 23.1 Å². The Bertz CT molecular complexity index is 1180. The van der Waals surface area contributed by atoms with Crippen molar-refractivity contribution in [1.82, 2.24) is 24.6 Å². The molecule has 0 spiro atoms. The number of hydrogen-bond acceptors (Lipinski definition) is 7. The first-order valence-corrected chi connectivity index (χ1v) is 8.25.